The first-order chi connectivity index (χ1) is 30.1. The van der Waals surface area contributed by atoms with Crippen molar-refractivity contribution in [3.05, 3.63) is 219 Å². The molecule has 0 N–H and O–H groups in total. The molecule has 61 heavy (non-hydrogen) atoms. The van der Waals surface area contributed by atoms with Crippen LogP contribution < -0.4 is 4.90 Å². The fourth-order valence-corrected chi connectivity index (χ4v) is 9.76. The van der Waals surface area contributed by atoms with Crippen LogP contribution in [-0.4, -0.2) is 20.2 Å². The molecule has 4 heterocycles. The zero-order chi connectivity index (χ0) is 41.0. The maximum absolute atomic E-state index is 4.08. The monoisotopic (exact) mass is 784 g/mol. The number of allylic oxidation sites excluding steroid dienone is 2. The lowest BCUT2D eigenvalue weighted by atomic mass is 10.0. The summed E-state index contributed by atoms with van der Waals surface area (Å²) in [6.45, 7) is 11.0. The predicted molar refractivity (Wildman–Crippen MR) is 261 cm³/mol. The molecule has 8 aromatic carbocycles. The number of fused-ring (bicyclic) bond motifs is 10. The Morgan fingerprint density at radius 3 is 1.61 bits per heavy atom. The third-order valence-electron chi connectivity index (χ3n) is 12.5. The zero-order valence-electron chi connectivity index (χ0n) is 34.2. The van der Waals surface area contributed by atoms with Crippen LogP contribution in [0.5, 0.6) is 0 Å². The quantitative estimate of drug-likeness (QED) is 0.154. The molecule has 0 radical (unpaired) electrons. The van der Waals surface area contributed by atoms with Gasteiger partial charge in [-0.3, -0.25) is 0 Å². The number of hydrogen-bond donors (Lipinski definition) is 0. The number of aromatic nitrogens is 3. The van der Waals surface area contributed by atoms with E-state index >= 15 is 0 Å². The van der Waals surface area contributed by atoms with E-state index in [0.29, 0.717) is 0 Å². The summed E-state index contributed by atoms with van der Waals surface area (Å²) in [6.07, 6.45) is 7.07. The van der Waals surface area contributed by atoms with Crippen molar-refractivity contribution in [3.63, 3.8) is 0 Å². The summed E-state index contributed by atoms with van der Waals surface area (Å²) in [5.41, 5.74) is 15.9. The lowest BCUT2D eigenvalue weighted by Crippen LogP contribution is -2.17. The Morgan fingerprint density at radius 2 is 0.951 bits per heavy atom. The standard InChI is InChI=1S/C44H29N3.C13H15N/c1-2-45-39-17-9-6-14-33(39)36-26-29(20-23-40(36)45)30-21-24-43-37(27-30)34-15-7-11-19-42(34)47(43)32-22-25-44-38(28-32)35-16-8-10-18-41(35)46(44)31-12-4-3-5-13-31;1-3-12(4-2)14-10-9-11-7-5-6-8-13(11)14/h2-28H,1H2;3-8H,1,9-10H2,2H3/b;12-4+. The molecule has 0 aliphatic carbocycles. The molecular formula is C57H44N4. The summed E-state index contributed by atoms with van der Waals surface area (Å²) in [5.74, 6) is 0. The Morgan fingerprint density at radius 1 is 0.459 bits per heavy atom. The molecule has 12 rings (SSSR count). The molecule has 0 saturated carbocycles. The normalized spacial score (nSPS) is 12.7. The van der Waals surface area contributed by atoms with Crippen LogP contribution in [0.15, 0.2) is 213 Å². The van der Waals surface area contributed by atoms with Gasteiger partial charge in [-0.25, -0.2) is 0 Å². The fourth-order valence-electron chi connectivity index (χ4n) is 9.76. The van der Waals surface area contributed by atoms with E-state index < -0.39 is 0 Å². The van der Waals surface area contributed by atoms with Crippen molar-refractivity contribution >= 4 is 77.3 Å². The van der Waals surface area contributed by atoms with Crippen molar-refractivity contribution in [2.75, 3.05) is 11.4 Å². The summed E-state index contributed by atoms with van der Waals surface area (Å²) >= 11 is 0. The molecule has 0 bridgehead atoms. The second kappa shape index (κ2) is 14.8. The van der Waals surface area contributed by atoms with Gasteiger partial charge in [-0.1, -0.05) is 122 Å². The highest BCUT2D eigenvalue weighted by atomic mass is 15.2. The van der Waals surface area contributed by atoms with Crippen LogP contribution >= 0.6 is 0 Å². The maximum atomic E-state index is 4.08. The summed E-state index contributed by atoms with van der Waals surface area (Å²) in [7, 11) is 0. The summed E-state index contributed by atoms with van der Waals surface area (Å²) in [4.78, 5) is 2.32. The average Bonchev–Trinajstić information content (AvgIpc) is 4.08. The van der Waals surface area contributed by atoms with Gasteiger partial charge >= 0.3 is 0 Å². The van der Waals surface area contributed by atoms with Crippen LogP contribution in [-0.2, 0) is 6.42 Å². The van der Waals surface area contributed by atoms with E-state index in [2.05, 4.69) is 227 Å². The van der Waals surface area contributed by atoms with Crippen molar-refractivity contribution in [3.8, 4) is 22.5 Å². The second-order valence-corrected chi connectivity index (χ2v) is 15.7. The van der Waals surface area contributed by atoms with Gasteiger partial charge in [0.15, 0.2) is 0 Å². The highest BCUT2D eigenvalue weighted by Crippen LogP contribution is 2.39. The van der Waals surface area contributed by atoms with Crippen LogP contribution in [0.2, 0.25) is 0 Å². The molecule has 0 amide bonds. The molecule has 1 aliphatic heterocycles. The number of para-hydroxylation sites is 5. The van der Waals surface area contributed by atoms with Gasteiger partial charge < -0.3 is 18.6 Å². The van der Waals surface area contributed by atoms with Crippen molar-refractivity contribution in [1.82, 2.24) is 13.7 Å². The van der Waals surface area contributed by atoms with Crippen LogP contribution in [0.3, 0.4) is 0 Å². The van der Waals surface area contributed by atoms with E-state index in [1.54, 1.807) is 0 Å². The van der Waals surface area contributed by atoms with Crippen LogP contribution in [0.4, 0.5) is 5.69 Å². The smallest absolute Gasteiger partial charge is 0.0542 e. The number of anilines is 1. The third kappa shape index (κ3) is 5.83. The minimum atomic E-state index is 1.07. The van der Waals surface area contributed by atoms with E-state index in [4.69, 9.17) is 0 Å². The van der Waals surface area contributed by atoms with Gasteiger partial charge in [-0.05, 0) is 115 Å². The predicted octanol–water partition coefficient (Wildman–Crippen LogP) is 14.9. The number of nitrogens with zero attached hydrogens (tertiary/aromatic N) is 4. The number of rotatable bonds is 6. The zero-order valence-corrected chi connectivity index (χ0v) is 34.2. The Kier molecular flexibility index (Phi) is 8.79. The first-order valence-corrected chi connectivity index (χ1v) is 21.1. The largest absolute Gasteiger partial charge is 0.341 e. The fraction of sp³-hybridized carbons (Fsp3) is 0.0526. The van der Waals surface area contributed by atoms with Crippen molar-refractivity contribution < 1.29 is 0 Å². The first kappa shape index (κ1) is 36.3. The molecule has 1 aliphatic rings. The van der Waals surface area contributed by atoms with Crippen LogP contribution in [0.25, 0.3) is 94.1 Å². The Balaban J connectivity index is 0.000000256. The highest BCUT2D eigenvalue weighted by molar-refractivity contribution is 6.14. The molecule has 3 aromatic heterocycles. The van der Waals surface area contributed by atoms with Crippen molar-refractivity contribution in [2.45, 2.75) is 13.3 Å². The minimum absolute atomic E-state index is 1.07. The number of hydrogen-bond acceptors (Lipinski definition) is 1. The van der Waals surface area contributed by atoms with Gasteiger partial charge in [0.25, 0.3) is 0 Å². The second-order valence-electron chi connectivity index (χ2n) is 15.7. The van der Waals surface area contributed by atoms with Gasteiger partial charge in [0.2, 0.25) is 0 Å². The lowest BCUT2D eigenvalue weighted by molar-refractivity contribution is 0.963. The van der Waals surface area contributed by atoms with E-state index in [1.807, 2.05) is 12.3 Å². The Labute approximate surface area is 355 Å². The van der Waals surface area contributed by atoms with Crippen LogP contribution in [0, 0.1) is 0 Å². The highest BCUT2D eigenvalue weighted by Gasteiger charge is 2.20. The van der Waals surface area contributed by atoms with Gasteiger partial charge in [0, 0.05) is 67.8 Å². The SMILES string of the molecule is C=C/C(=C\C)N1CCc2ccccc21.C=Cn1c2ccccc2c2cc(-c3ccc4c(c3)c3ccccc3n4-c3ccc4c(c3)c3ccccc3n4-c3ccccc3)ccc21. The molecule has 4 nitrogen and oxygen atoms in total. The summed E-state index contributed by atoms with van der Waals surface area (Å²) in [5, 5.41) is 7.48. The van der Waals surface area contributed by atoms with E-state index in [1.165, 1.54) is 99.2 Å². The Hall–Kier alpha value is -7.82. The molecule has 0 atom stereocenters. The molecule has 292 valence electrons. The molecule has 0 spiro atoms. The average molecular weight is 785 g/mol. The molecule has 4 heteroatoms. The van der Waals surface area contributed by atoms with Gasteiger partial charge in [-0.15, -0.1) is 0 Å². The number of benzene rings is 8. The minimum Gasteiger partial charge on any atom is -0.341 e. The van der Waals surface area contributed by atoms with Crippen molar-refractivity contribution in [1.29, 1.82) is 0 Å². The summed E-state index contributed by atoms with van der Waals surface area (Å²) in [6, 6.07) is 65.9. The Bertz CT molecular complexity index is 3540. The van der Waals surface area contributed by atoms with Gasteiger partial charge in [-0.2, -0.15) is 0 Å². The molecule has 0 fully saturated rings. The topological polar surface area (TPSA) is 18.0 Å². The lowest BCUT2D eigenvalue weighted by Gasteiger charge is -2.20. The van der Waals surface area contributed by atoms with E-state index in [0.717, 1.165) is 18.7 Å². The molecule has 11 aromatic rings. The third-order valence-corrected chi connectivity index (χ3v) is 12.5. The molecule has 0 unspecified atom stereocenters. The maximum Gasteiger partial charge on any atom is 0.0542 e. The molecule has 0 saturated heterocycles. The van der Waals surface area contributed by atoms with E-state index in [9.17, 15) is 0 Å². The summed E-state index contributed by atoms with van der Waals surface area (Å²) < 4.78 is 6.97. The first-order valence-electron chi connectivity index (χ1n) is 21.1. The van der Waals surface area contributed by atoms with Crippen molar-refractivity contribution in [2.24, 2.45) is 0 Å². The van der Waals surface area contributed by atoms with E-state index in [-0.39, 0.29) is 0 Å². The van der Waals surface area contributed by atoms with Gasteiger partial charge in [0.1, 0.15) is 0 Å². The van der Waals surface area contributed by atoms with Gasteiger partial charge in [0.05, 0.1) is 33.1 Å². The van der Waals surface area contributed by atoms with Crippen LogP contribution in [0.1, 0.15) is 12.5 Å². The molecular weight excluding hydrogens is 741 g/mol.